The lowest BCUT2D eigenvalue weighted by molar-refractivity contribution is -0.122. The van der Waals surface area contributed by atoms with Gasteiger partial charge < -0.3 is 0 Å². The van der Waals surface area contributed by atoms with Gasteiger partial charge in [0.15, 0.2) is 0 Å². The van der Waals surface area contributed by atoms with Crippen LogP contribution in [-0.4, -0.2) is 10.8 Å². The van der Waals surface area contributed by atoms with Crippen LogP contribution in [0.2, 0.25) is 0 Å². The van der Waals surface area contributed by atoms with Gasteiger partial charge in [-0.25, -0.2) is 0 Å². The molecule has 26 heavy (non-hydrogen) atoms. The third-order valence-corrected chi connectivity index (χ3v) is 8.35. The zero-order valence-corrected chi connectivity index (χ0v) is 15.9. The fourth-order valence-electron chi connectivity index (χ4n) is 6.84. The Labute approximate surface area is 158 Å². The normalized spacial score (nSPS) is 42.5. The highest BCUT2D eigenvalue weighted by molar-refractivity contribution is 5.82. The van der Waals surface area contributed by atoms with Crippen LogP contribution in [0.25, 0.3) is 5.57 Å². The highest BCUT2D eigenvalue weighted by atomic mass is 16.1. The van der Waals surface area contributed by atoms with Crippen LogP contribution in [0.1, 0.15) is 65.7 Å². The summed E-state index contributed by atoms with van der Waals surface area (Å²) in [5.41, 5.74) is 4.11. The summed E-state index contributed by atoms with van der Waals surface area (Å²) in [5.74, 6) is 2.28. The summed E-state index contributed by atoms with van der Waals surface area (Å²) in [6, 6.07) is 4.95. The van der Waals surface area contributed by atoms with Gasteiger partial charge in [0.05, 0.1) is 1.37 Å². The van der Waals surface area contributed by atoms with Gasteiger partial charge in [-0.15, -0.1) is 0 Å². The highest BCUT2D eigenvalue weighted by Gasteiger charge is 2.56. The molecule has 0 aromatic carbocycles. The van der Waals surface area contributed by atoms with Gasteiger partial charge >= 0.3 is 0 Å². The Balaban J connectivity index is 1.52. The average molecular weight is 349 g/mol. The minimum Gasteiger partial charge on any atom is -0.299 e. The largest absolute Gasteiger partial charge is 0.299 e. The van der Waals surface area contributed by atoms with Crippen molar-refractivity contribution in [1.29, 1.82) is 0 Å². The quantitative estimate of drug-likeness (QED) is 0.618. The Bertz CT molecular complexity index is 856. The Hall–Kier alpha value is -1.70. The summed E-state index contributed by atoms with van der Waals surface area (Å²) in [5, 5.41) is 0. The first-order valence-electron chi connectivity index (χ1n) is 10.8. The molecule has 136 valence electrons. The molecule has 3 unspecified atom stereocenters. The number of Topliss-reactive ketones (excluding diaryl/α,β-unsaturated/α-hetero) is 1. The molecule has 0 amide bonds. The van der Waals surface area contributed by atoms with Crippen molar-refractivity contribution < 1.29 is 6.17 Å². The van der Waals surface area contributed by atoms with E-state index in [0.29, 0.717) is 30.0 Å². The fourth-order valence-corrected chi connectivity index (χ4v) is 6.84. The van der Waals surface area contributed by atoms with Crippen LogP contribution in [-0.2, 0) is 4.79 Å². The molecule has 2 fully saturated rings. The van der Waals surface area contributed by atoms with E-state index in [9.17, 15) is 4.79 Å². The number of nitrogens with zero attached hydrogens (tertiary/aromatic N) is 1. The van der Waals surface area contributed by atoms with Crippen molar-refractivity contribution in [1.82, 2.24) is 4.98 Å². The molecule has 2 heteroatoms. The van der Waals surface area contributed by atoms with Crippen LogP contribution in [0.4, 0.5) is 0 Å². The van der Waals surface area contributed by atoms with Gasteiger partial charge in [-0.05, 0) is 77.9 Å². The molecule has 5 rings (SSSR count). The third-order valence-electron chi connectivity index (χ3n) is 8.35. The first-order valence-corrected chi connectivity index (χ1v) is 10.3. The second-order valence-corrected chi connectivity index (χ2v) is 9.43. The summed E-state index contributed by atoms with van der Waals surface area (Å²) in [6.45, 7) is 4.83. The SMILES string of the molecule is [2H]C1=C(c2cccnc2)[C@@]2(C)CCC3C(CC=C4CC(=O)CC[C@@]43C)C2C1. The molecule has 4 aliphatic carbocycles. The number of fused-ring (bicyclic) bond motifs is 5. The molecule has 0 spiro atoms. The Morgan fingerprint density at radius 1 is 1.19 bits per heavy atom. The molecule has 1 heterocycles. The predicted octanol–water partition coefficient (Wildman–Crippen LogP) is 5.61. The number of hydrogen-bond acceptors (Lipinski definition) is 2. The molecule has 0 bridgehead atoms. The maximum atomic E-state index is 12.0. The zero-order valence-electron chi connectivity index (χ0n) is 16.9. The van der Waals surface area contributed by atoms with Crippen LogP contribution >= 0.6 is 0 Å². The van der Waals surface area contributed by atoms with E-state index >= 15 is 0 Å². The van der Waals surface area contributed by atoms with Gasteiger partial charge in [-0.2, -0.15) is 0 Å². The molecule has 2 saturated carbocycles. The smallest absolute Gasteiger partial charge is 0.136 e. The second-order valence-electron chi connectivity index (χ2n) is 9.43. The first-order chi connectivity index (χ1) is 12.9. The first kappa shape index (κ1) is 15.4. The Morgan fingerprint density at radius 3 is 2.88 bits per heavy atom. The Kier molecular flexibility index (Phi) is 3.34. The van der Waals surface area contributed by atoms with Gasteiger partial charge in [-0.3, -0.25) is 9.78 Å². The van der Waals surface area contributed by atoms with Gasteiger partial charge in [0.1, 0.15) is 5.78 Å². The molecule has 1 aromatic heterocycles. The van der Waals surface area contributed by atoms with Crippen LogP contribution in [0.3, 0.4) is 0 Å². The number of hydrogen-bond donors (Lipinski definition) is 0. The van der Waals surface area contributed by atoms with Gasteiger partial charge in [-0.1, -0.05) is 37.6 Å². The number of carbonyl (C=O) groups excluding carboxylic acids is 1. The maximum Gasteiger partial charge on any atom is 0.136 e. The molecule has 0 saturated heterocycles. The minimum absolute atomic E-state index is 0.0907. The minimum atomic E-state index is 0.0907. The molecule has 0 radical (unpaired) electrons. The number of pyridine rings is 1. The molecular formula is C24H29NO. The standard InChI is InChI=1S/C24H29NO/c1-23-11-9-18(26)14-17(23)5-6-19-21-8-7-20(16-4-3-13-25-15-16)24(21,2)12-10-22(19)23/h3-5,7,13,15,19,21-22H,6,8-12,14H2,1-2H3/t19?,21?,22?,23-,24+/m0/s1/i7D. The summed E-state index contributed by atoms with van der Waals surface area (Å²) < 4.78 is 8.80. The monoisotopic (exact) mass is 348 g/mol. The molecule has 4 aliphatic rings. The molecule has 0 N–H and O–H groups in total. The highest BCUT2D eigenvalue weighted by Crippen LogP contribution is 2.66. The van der Waals surface area contributed by atoms with Crippen molar-refractivity contribution in [3.8, 4) is 0 Å². The average Bonchev–Trinajstić information content (AvgIpc) is 2.93. The third kappa shape index (κ3) is 2.17. The fraction of sp³-hybridized carbons (Fsp3) is 0.583. The van der Waals surface area contributed by atoms with E-state index < -0.39 is 0 Å². The number of rotatable bonds is 1. The van der Waals surface area contributed by atoms with E-state index in [2.05, 4.69) is 31.0 Å². The lowest BCUT2D eigenvalue weighted by Gasteiger charge is -2.57. The van der Waals surface area contributed by atoms with Crippen molar-refractivity contribution in [3.63, 3.8) is 0 Å². The van der Waals surface area contributed by atoms with E-state index in [4.69, 9.17) is 1.37 Å². The molecule has 1 aromatic rings. The molecule has 2 nitrogen and oxygen atoms in total. The van der Waals surface area contributed by atoms with Crippen LogP contribution in [0, 0.1) is 28.6 Å². The number of aromatic nitrogens is 1. The molecule has 5 atom stereocenters. The van der Waals surface area contributed by atoms with Gasteiger partial charge in [0.2, 0.25) is 0 Å². The van der Waals surface area contributed by atoms with Crippen molar-refractivity contribution in [2.24, 2.45) is 28.6 Å². The van der Waals surface area contributed by atoms with E-state index in [-0.39, 0.29) is 10.8 Å². The topological polar surface area (TPSA) is 30.0 Å². The van der Waals surface area contributed by atoms with Crippen molar-refractivity contribution in [3.05, 3.63) is 47.8 Å². The number of allylic oxidation sites excluding steroid dienone is 4. The van der Waals surface area contributed by atoms with Crippen LogP contribution < -0.4 is 0 Å². The lowest BCUT2D eigenvalue weighted by Crippen LogP contribution is -2.49. The van der Waals surface area contributed by atoms with Crippen molar-refractivity contribution >= 4 is 11.4 Å². The summed E-state index contributed by atoms with van der Waals surface area (Å²) in [4.78, 5) is 16.3. The van der Waals surface area contributed by atoms with E-state index in [1.807, 2.05) is 18.5 Å². The predicted molar refractivity (Wildman–Crippen MR) is 104 cm³/mol. The van der Waals surface area contributed by atoms with Gasteiger partial charge in [0, 0.05) is 25.2 Å². The van der Waals surface area contributed by atoms with E-state index in [1.54, 1.807) is 0 Å². The summed E-state index contributed by atoms with van der Waals surface area (Å²) in [7, 11) is 0. The molecular weight excluding hydrogens is 318 g/mol. The Morgan fingerprint density at radius 2 is 2.08 bits per heavy atom. The summed E-state index contributed by atoms with van der Waals surface area (Å²) in [6.07, 6.45) is 13.0. The van der Waals surface area contributed by atoms with Crippen LogP contribution in [0.5, 0.6) is 0 Å². The number of carbonyl (C=O) groups is 1. The lowest BCUT2D eigenvalue weighted by atomic mass is 9.47. The number of ketones is 1. The van der Waals surface area contributed by atoms with Gasteiger partial charge in [0.25, 0.3) is 0 Å². The van der Waals surface area contributed by atoms with E-state index in [1.165, 1.54) is 17.6 Å². The zero-order chi connectivity index (χ0) is 18.8. The maximum absolute atomic E-state index is 12.0. The second kappa shape index (κ2) is 5.65. The van der Waals surface area contributed by atoms with Crippen LogP contribution in [0.15, 0.2) is 42.2 Å². The van der Waals surface area contributed by atoms with E-state index in [0.717, 1.165) is 43.7 Å². The van der Waals surface area contributed by atoms with Crippen molar-refractivity contribution in [2.75, 3.05) is 0 Å². The van der Waals surface area contributed by atoms with Crippen molar-refractivity contribution in [2.45, 2.75) is 58.8 Å². The molecule has 0 aliphatic heterocycles. The summed E-state index contributed by atoms with van der Waals surface area (Å²) >= 11 is 0.